The normalized spacial score (nSPS) is 19.5. The SMILES string of the molecule is Fc1ccc(N2CC3(COc4cc5c(cc43)OCCO5)c3ccccc32)cc1.O=C1C(c2cc3c(cc2O)OCCO3)c2ccccc2N1c1ccc(F)cc1. The zero-order valence-corrected chi connectivity index (χ0v) is 29.9. The van der Waals surface area contributed by atoms with Crippen LogP contribution in [-0.2, 0) is 10.2 Å². The molecule has 0 radical (unpaired) electrons. The van der Waals surface area contributed by atoms with Crippen LogP contribution in [0.5, 0.6) is 34.5 Å². The number of amides is 1. The van der Waals surface area contributed by atoms with Crippen LogP contribution in [0, 0.1) is 11.6 Å². The van der Waals surface area contributed by atoms with Crippen molar-refractivity contribution in [2.45, 2.75) is 11.3 Å². The van der Waals surface area contributed by atoms with Gasteiger partial charge in [-0.2, -0.15) is 0 Å². The summed E-state index contributed by atoms with van der Waals surface area (Å²) >= 11 is 0. The number of para-hydroxylation sites is 2. The van der Waals surface area contributed by atoms with Gasteiger partial charge >= 0.3 is 0 Å². The summed E-state index contributed by atoms with van der Waals surface area (Å²) in [7, 11) is 0. The molecule has 0 saturated heterocycles. The number of benzene rings is 6. The molecule has 2 unspecified atom stereocenters. The number of halogens is 2. The van der Waals surface area contributed by atoms with Crippen LogP contribution in [0.3, 0.4) is 0 Å². The highest BCUT2D eigenvalue weighted by atomic mass is 19.1. The Morgan fingerprint density at radius 2 is 1.14 bits per heavy atom. The summed E-state index contributed by atoms with van der Waals surface area (Å²) in [4.78, 5) is 17.2. The molecule has 2 atom stereocenters. The number of ether oxygens (including phenoxy) is 5. The molecule has 0 aromatic heterocycles. The quantitative estimate of drug-likeness (QED) is 0.193. The molecule has 11 heteroatoms. The molecule has 5 aliphatic rings. The third-order valence-corrected chi connectivity index (χ3v) is 11.0. The van der Waals surface area contributed by atoms with Gasteiger partial charge < -0.3 is 33.7 Å². The van der Waals surface area contributed by atoms with Crippen LogP contribution < -0.4 is 33.5 Å². The minimum atomic E-state index is -0.697. The number of aromatic hydroxyl groups is 1. The predicted octanol–water partition coefficient (Wildman–Crippen LogP) is 8.54. The highest BCUT2D eigenvalue weighted by molar-refractivity contribution is 6.12. The fourth-order valence-corrected chi connectivity index (χ4v) is 8.40. The first-order valence-electron chi connectivity index (χ1n) is 18.4. The first-order valence-corrected chi connectivity index (χ1v) is 18.4. The van der Waals surface area contributed by atoms with E-state index < -0.39 is 5.92 Å². The maximum atomic E-state index is 13.5. The van der Waals surface area contributed by atoms with Crippen LogP contribution in [0.25, 0.3) is 0 Å². The van der Waals surface area contributed by atoms with E-state index in [1.807, 2.05) is 48.5 Å². The molecular weight excluding hydrogens is 718 g/mol. The van der Waals surface area contributed by atoms with Gasteiger partial charge in [-0.05, 0) is 83.9 Å². The van der Waals surface area contributed by atoms with E-state index in [1.54, 1.807) is 23.1 Å². The molecule has 1 N–H and O–H groups in total. The molecule has 0 fully saturated rings. The number of rotatable bonds is 3. The molecule has 56 heavy (non-hydrogen) atoms. The number of hydrogen-bond donors (Lipinski definition) is 1. The topological polar surface area (TPSA) is 89.9 Å². The van der Waals surface area contributed by atoms with Crippen LogP contribution >= 0.6 is 0 Å². The van der Waals surface area contributed by atoms with Gasteiger partial charge in [-0.1, -0.05) is 36.4 Å². The molecule has 5 aliphatic heterocycles. The standard InChI is InChI=1S/C23H18FNO3.C22H16FNO4/c24-15-5-7-16(8-6-15)25-13-23(17-3-1-2-4-19(17)25)14-28-20-12-22-21(11-18(20)23)26-9-10-27-22;23-13-5-7-14(8-6-13)24-17-4-2-1-3-15(17)21(22(24)26)16-11-19-20(12-18(16)25)28-10-9-27-19/h1-8,11-12H,9-10,13-14H2;1-8,11-12,21,25H,9-10H2. The van der Waals surface area contributed by atoms with Gasteiger partial charge in [0.05, 0.1) is 17.0 Å². The second kappa shape index (κ2) is 13.2. The van der Waals surface area contributed by atoms with Crippen LogP contribution in [0.1, 0.15) is 28.2 Å². The van der Waals surface area contributed by atoms with Crippen LogP contribution in [0.15, 0.2) is 121 Å². The number of fused-ring (bicyclic) bond motifs is 7. The van der Waals surface area contributed by atoms with Crippen molar-refractivity contribution in [3.63, 3.8) is 0 Å². The summed E-state index contributed by atoms with van der Waals surface area (Å²) in [6.07, 6.45) is 0. The lowest BCUT2D eigenvalue weighted by molar-refractivity contribution is -0.117. The molecule has 11 rings (SSSR count). The Morgan fingerprint density at radius 3 is 1.84 bits per heavy atom. The summed E-state index contributed by atoms with van der Waals surface area (Å²) in [6, 6.07) is 35.4. The molecule has 9 nitrogen and oxygen atoms in total. The maximum Gasteiger partial charge on any atom is 0.243 e. The number of anilines is 4. The molecule has 1 spiro atoms. The largest absolute Gasteiger partial charge is 0.507 e. The summed E-state index contributed by atoms with van der Waals surface area (Å²) in [5, 5.41) is 10.6. The average Bonchev–Trinajstić information content (AvgIpc) is 3.86. The number of carbonyl (C=O) groups is 1. The summed E-state index contributed by atoms with van der Waals surface area (Å²) in [5.41, 5.74) is 6.63. The third-order valence-electron chi connectivity index (χ3n) is 11.0. The Morgan fingerprint density at radius 1 is 0.571 bits per heavy atom. The molecule has 0 bridgehead atoms. The lowest BCUT2D eigenvalue weighted by atomic mass is 9.77. The minimum absolute atomic E-state index is 0.0293. The van der Waals surface area contributed by atoms with E-state index in [4.69, 9.17) is 23.7 Å². The van der Waals surface area contributed by atoms with Gasteiger partial charge in [0.2, 0.25) is 5.91 Å². The monoisotopic (exact) mass is 752 g/mol. The van der Waals surface area contributed by atoms with E-state index in [1.165, 1.54) is 35.9 Å². The maximum absolute atomic E-state index is 13.5. The second-order valence-electron chi connectivity index (χ2n) is 14.1. The highest BCUT2D eigenvalue weighted by Crippen LogP contribution is 2.55. The van der Waals surface area contributed by atoms with Crippen molar-refractivity contribution >= 4 is 28.7 Å². The van der Waals surface area contributed by atoms with Crippen LogP contribution in [0.2, 0.25) is 0 Å². The Balaban J connectivity index is 0.000000137. The molecule has 1 amide bonds. The minimum Gasteiger partial charge on any atom is -0.507 e. The Labute approximate surface area is 320 Å². The first kappa shape index (κ1) is 33.8. The van der Waals surface area contributed by atoms with Crippen molar-refractivity contribution < 1.29 is 42.4 Å². The molecule has 6 aromatic carbocycles. The van der Waals surface area contributed by atoms with E-state index in [9.17, 15) is 18.7 Å². The third kappa shape index (κ3) is 5.44. The molecule has 6 aromatic rings. The highest BCUT2D eigenvalue weighted by Gasteiger charge is 2.50. The molecule has 5 heterocycles. The fourth-order valence-electron chi connectivity index (χ4n) is 8.40. The van der Waals surface area contributed by atoms with Crippen molar-refractivity contribution in [2.75, 3.05) is 49.4 Å². The Kier molecular flexibility index (Phi) is 7.98. The van der Waals surface area contributed by atoms with Gasteiger partial charge in [0.1, 0.15) is 56.2 Å². The lowest BCUT2D eigenvalue weighted by Gasteiger charge is -2.26. The summed E-state index contributed by atoms with van der Waals surface area (Å²) in [5.74, 6) is 1.77. The molecule has 280 valence electrons. The second-order valence-corrected chi connectivity index (χ2v) is 14.1. The van der Waals surface area contributed by atoms with E-state index in [-0.39, 0.29) is 28.7 Å². The van der Waals surface area contributed by atoms with E-state index in [0.717, 1.165) is 46.3 Å². The van der Waals surface area contributed by atoms with Gasteiger partial charge in [0.25, 0.3) is 0 Å². The Bertz CT molecular complexity index is 2510. The van der Waals surface area contributed by atoms with Crippen LogP contribution in [-0.4, -0.2) is 50.6 Å². The average molecular weight is 753 g/mol. The van der Waals surface area contributed by atoms with Crippen LogP contribution in [0.4, 0.5) is 31.5 Å². The van der Waals surface area contributed by atoms with Gasteiger partial charge in [-0.25, -0.2) is 8.78 Å². The summed E-state index contributed by atoms with van der Waals surface area (Å²) in [6.45, 7) is 3.21. The lowest BCUT2D eigenvalue weighted by Crippen LogP contribution is -2.34. The summed E-state index contributed by atoms with van der Waals surface area (Å²) < 4.78 is 55.6. The van der Waals surface area contributed by atoms with E-state index in [0.29, 0.717) is 61.5 Å². The first-order chi connectivity index (χ1) is 27.4. The number of carbonyl (C=O) groups excluding carboxylic acids is 1. The van der Waals surface area contributed by atoms with E-state index in [2.05, 4.69) is 29.2 Å². The number of phenolic OH excluding ortho intramolecular Hbond substituents is 1. The smallest absolute Gasteiger partial charge is 0.243 e. The number of phenols is 1. The van der Waals surface area contributed by atoms with Gasteiger partial charge in [0.15, 0.2) is 23.0 Å². The molecule has 0 saturated carbocycles. The van der Waals surface area contributed by atoms with Crippen molar-refractivity contribution in [1.82, 2.24) is 0 Å². The van der Waals surface area contributed by atoms with Gasteiger partial charge in [0, 0.05) is 46.9 Å². The number of hydrogen-bond acceptors (Lipinski definition) is 8. The van der Waals surface area contributed by atoms with Crippen molar-refractivity contribution in [2.24, 2.45) is 0 Å². The zero-order chi connectivity index (χ0) is 38.0. The Hall–Kier alpha value is -6.75. The van der Waals surface area contributed by atoms with Crippen molar-refractivity contribution in [1.29, 1.82) is 0 Å². The van der Waals surface area contributed by atoms with Gasteiger partial charge in [-0.15, -0.1) is 0 Å². The molecule has 0 aliphatic carbocycles. The van der Waals surface area contributed by atoms with Crippen molar-refractivity contribution in [3.05, 3.63) is 155 Å². The molecular formula is C45H34F2N2O7. The van der Waals surface area contributed by atoms with E-state index >= 15 is 0 Å². The fraction of sp³-hybridized carbons (Fsp3) is 0.178. The number of nitrogens with zero attached hydrogens (tertiary/aromatic N) is 2. The van der Waals surface area contributed by atoms with Gasteiger partial charge in [-0.3, -0.25) is 9.69 Å². The van der Waals surface area contributed by atoms with Crippen molar-refractivity contribution in [3.8, 4) is 34.5 Å². The zero-order valence-electron chi connectivity index (χ0n) is 29.9. The predicted molar refractivity (Wildman–Crippen MR) is 204 cm³/mol.